The van der Waals surface area contributed by atoms with Crippen LogP contribution in [0.15, 0.2) is 0 Å². The van der Waals surface area contributed by atoms with Crippen LogP contribution >= 0.6 is 23.7 Å². The van der Waals surface area contributed by atoms with Crippen molar-refractivity contribution in [1.29, 1.82) is 0 Å². The molecule has 1 N–H and O–H groups in total. The highest BCUT2D eigenvalue weighted by molar-refractivity contribution is 7.12. The predicted octanol–water partition coefficient (Wildman–Crippen LogP) is 2.62. The molecule has 1 aliphatic heterocycles. The lowest BCUT2D eigenvalue weighted by molar-refractivity contribution is 0.790. The van der Waals surface area contributed by atoms with E-state index in [0.717, 1.165) is 12.4 Å². The third-order valence-corrected chi connectivity index (χ3v) is 2.96. The number of nitrogens with zero attached hydrogens (tertiary/aromatic N) is 1. The number of hydrogen-bond donors (Lipinski definition) is 1. The van der Waals surface area contributed by atoms with Gasteiger partial charge in [0.1, 0.15) is 5.82 Å². The third kappa shape index (κ3) is 1.90. The van der Waals surface area contributed by atoms with Crippen molar-refractivity contribution in [3.8, 4) is 0 Å². The number of thiazole rings is 1. The minimum absolute atomic E-state index is 0. The van der Waals surface area contributed by atoms with E-state index in [1.165, 1.54) is 29.1 Å². The van der Waals surface area contributed by atoms with Gasteiger partial charge < -0.3 is 5.32 Å². The Hall–Kier alpha value is -0.280. The van der Waals surface area contributed by atoms with Gasteiger partial charge in [0.15, 0.2) is 0 Å². The Kier molecular flexibility index (Phi) is 3.35. The molecule has 0 amide bonds. The molecular formula is C8H13ClN2S. The molecule has 2 heterocycles. The second-order valence-electron chi connectivity index (χ2n) is 2.89. The Morgan fingerprint density at radius 1 is 1.42 bits per heavy atom. The van der Waals surface area contributed by atoms with Crippen molar-refractivity contribution in [2.75, 3.05) is 11.9 Å². The number of rotatable bonds is 0. The minimum Gasteiger partial charge on any atom is -0.369 e. The Bertz CT molecular complexity index is 236. The van der Waals surface area contributed by atoms with E-state index in [2.05, 4.69) is 17.2 Å². The summed E-state index contributed by atoms with van der Waals surface area (Å²) in [5.41, 5.74) is 0. The summed E-state index contributed by atoms with van der Waals surface area (Å²) in [5, 5.41) is 4.53. The van der Waals surface area contributed by atoms with Gasteiger partial charge in [-0.25, -0.2) is 4.98 Å². The van der Waals surface area contributed by atoms with Crippen LogP contribution in [0.25, 0.3) is 0 Å². The normalized spacial score (nSPS) is 15.4. The number of aryl methyl sites for hydroxylation is 2. The van der Waals surface area contributed by atoms with Crippen LogP contribution in [0, 0.1) is 6.92 Å². The van der Waals surface area contributed by atoms with Crippen molar-refractivity contribution in [2.24, 2.45) is 0 Å². The first-order valence-electron chi connectivity index (χ1n) is 4.06. The molecule has 0 radical (unpaired) electrons. The number of hydrogen-bond acceptors (Lipinski definition) is 3. The average molecular weight is 205 g/mol. The van der Waals surface area contributed by atoms with Crippen LogP contribution in [0.5, 0.6) is 0 Å². The molecule has 2 nitrogen and oxygen atoms in total. The Morgan fingerprint density at radius 3 is 3.08 bits per heavy atom. The van der Waals surface area contributed by atoms with Crippen LogP contribution < -0.4 is 5.32 Å². The predicted molar refractivity (Wildman–Crippen MR) is 55.5 cm³/mol. The molecular weight excluding hydrogens is 192 g/mol. The van der Waals surface area contributed by atoms with Crippen LogP contribution in [0.1, 0.15) is 22.7 Å². The van der Waals surface area contributed by atoms with Gasteiger partial charge in [0.2, 0.25) is 0 Å². The summed E-state index contributed by atoms with van der Waals surface area (Å²) in [6, 6.07) is 0. The number of aromatic nitrogens is 1. The maximum atomic E-state index is 4.42. The van der Waals surface area contributed by atoms with E-state index in [1.807, 2.05) is 11.3 Å². The van der Waals surface area contributed by atoms with Gasteiger partial charge in [0.05, 0.1) is 5.01 Å². The molecule has 0 spiro atoms. The van der Waals surface area contributed by atoms with Gasteiger partial charge in [-0.15, -0.1) is 23.7 Å². The molecule has 0 aliphatic carbocycles. The zero-order valence-corrected chi connectivity index (χ0v) is 8.73. The summed E-state index contributed by atoms with van der Waals surface area (Å²) >= 11 is 1.83. The topological polar surface area (TPSA) is 24.9 Å². The zero-order chi connectivity index (χ0) is 7.68. The number of halogens is 1. The highest BCUT2D eigenvalue weighted by atomic mass is 35.5. The van der Waals surface area contributed by atoms with Gasteiger partial charge >= 0.3 is 0 Å². The summed E-state index contributed by atoms with van der Waals surface area (Å²) < 4.78 is 0. The molecule has 68 valence electrons. The van der Waals surface area contributed by atoms with Gasteiger partial charge in [0.25, 0.3) is 0 Å². The SMILES string of the molecule is Cc1nc2c(s1)CCCCN2.Cl. The molecule has 0 fully saturated rings. The maximum absolute atomic E-state index is 4.42. The Morgan fingerprint density at radius 2 is 2.25 bits per heavy atom. The number of anilines is 1. The van der Waals surface area contributed by atoms with Crippen molar-refractivity contribution in [3.63, 3.8) is 0 Å². The molecule has 4 heteroatoms. The monoisotopic (exact) mass is 204 g/mol. The lowest BCUT2D eigenvalue weighted by Crippen LogP contribution is -1.99. The third-order valence-electron chi connectivity index (χ3n) is 1.93. The maximum Gasteiger partial charge on any atom is 0.140 e. The van der Waals surface area contributed by atoms with Crippen LogP contribution in [-0.2, 0) is 6.42 Å². The van der Waals surface area contributed by atoms with Crippen molar-refractivity contribution < 1.29 is 0 Å². The highest BCUT2D eigenvalue weighted by Crippen LogP contribution is 2.26. The van der Waals surface area contributed by atoms with E-state index in [4.69, 9.17) is 0 Å². The van der Waals surface area contributed by atoms with Gasteiger partial charge in [0, 0.05) is 11.4 Å². The summed E-state index contributed by atoms with van der Waals surface area (Å²) in [4.78, 5) is 5.86. The van der Waals surface area contributed by atoms with Gasteiger partial charge in [-0.2, -0.15) is 0 Å². The first-order valence-corrected chi connectivity index (χ1v) is 4.88. The smallest absolute Gasteiger partial charge is 0.140 e. The Labute approximate surface area is 82.8 Å². The molecule has 0 unspecified atom stereocenters. The summed E-state index contributed by atoms with van der Waals surface area (Å²) in [6.45, 7) is 3.16. The molecule has 0 saturated heterocycles. The molecule has 0 atom stereocenters. The fraction of sp³-hybridized carbons (Fsp3) is 0.625. The van der Waals surface area contributed by atoms with Crippen molar-refractivity contribution in [1.82, 2.24) is 4.98 Å². The van der Waals surface area contributed by atoms with E-state index in [9.17, 15) is 0 Å². The van der Waals surface area contributed by atoms with E-state index in [1.54, 1.807) is 0 Å². The number of nitrogens with one attached hydrogen (secondary N) is 1. The fourth-order valence-electron chi connectivity index (χ4n) is 1.39. The lowest BCUT2D eigenvalue weighted by Gasteiger charge is -1.96. The van der Waals surface area contributed by atoms with Gasteiger partial charge in [-0.05, 0) is 26.2 Å². The van der Waals surface area contributed by atoms with Crippen molar-refractivity contribution in [3.05, 3.63) is 9.88 Å². The van der Waals surface area contributed by atoms with Crippen molar-refractivity contribution >= 4 is 29.6 Å². The van der Waals surface area contributed by atoms with Gasteiger partial charge in [-0.1, -0.05) is 0 Å². The summed E-state index contributed by atoms with van der Waals surface area (Å²) in [6.07, 6.45) is 3.80. The molecule has 0 saturated carbocycles. The Balaban J connectivity index is 0.000000720. The second kappa shape index (κ2) is 4.10. The van der Waals surface area contributed by atoms with Gasteiger partial charge in [-0.3, -0.25) is 0 Å². The van der Waals surface area contributed by atoms with E-state index in [0.29, 0.717) is 0 Å². The van der Waals surface area contributed by atoms with E-state index >= 15 is 0 Å². The second-order valence-corrected chi connectivity index (χ2v) is 4.18. The number of fused-ring (bicyclic) bond motifs is 1. The summed E-state index contributed by atoms with van der Waals surface area (Å²) in [7, 11) is 0. The van der Waals surface area contributed by atoms with Crippen LogP contribution in [0.2, 0.25) is 0 Å². The first kappa shape index (κ1) is 9.81. The molecule has 1 aromatic heterocycles. The molecule has 1 aromatic rings. The molecule has 2 rings (SSSR count). The molecule has 1 aliphatic rings. The standard InChI is InChI=1S/C8H12N2S.ClH/c1-6-10-8-7(11-6)4-2-3-5-9-8;/h9H,2-5H2,1H3;1H. The first-order chi connectivity index (χ1) is 5.36. The van der Waals surface area contributed by atoms with Crippen molar-refractivity contribution in [2.45, 2.75) is 26.2 Å². The minimum atomic E-state index is 0. The highest BCUT2D eigenvalue weighted by Gasteiger charge is 2.10. The molecule has 0 aromatic carbocycles. The largest absolute Gasteiger partial charge is 0.369 e. The van der Waals surface area contributed by atoms with E-state index in [-0.39, 0.29) is 12.4 Å². The summed E-state index contributed by atoms with van der Waals surface area (Å²) in [5.74, 6) is 1.14. The average Bonchev–Trinajstić information content (AvgIpc) is 2.17. The quantitative estimate of drug-likeness (QED) is 0.703. The van der Waals surface area contributed by atoms with E-state index < -0.39 is 0 Å². The zero-order valence-electron chi connectivity index (χ0n) is 7.09. The fourth-order valence-corrected chi connectivity index (χ4v) is 2.35. The molecule has 12 heavy (non-hydrogen) atoms. The molecule has 0 bridgehead atoms. The van der Waals surface area contributed by atoms with Crippen LogP contribution in [-0.4, -0.2) is 11.5 Å². The van der Waals surface area contributed by atoms with Crippen LogP contribution in [0.3, 0.4) is 0 Å². The van der Waals surface area contributed by atoms with Crippen LogP contribution in [0.4, 0.5) is 5.82 Å². The lowest BCUT2D eigenvalue weighted by atomic mass is 10.2.